The van der Waals surface area contributed by atoms with Gasteiger partial charge in [-0.05, 0) is 35.0 Å². The molecular formula is C11H12BrClN4O2S. The molecule has 9 heteroatoms. The summed E-state index contributed by atoms with van der Waals surface area (Å²) in [5, 5.41) is 0.247. The molecule has 1 heterocycles. The highest BCUT2D eigenvalue weighted by atomic mass is 79.9. The molecule has 0 fully saturated rings. The van der Waals surface area contributed by atoms with Crippen molar-refractivity contribution >= 4 is 43.2 Å². The first-order valence-corrected chi connectivity index (χ1v) is 8.23. The Morgan fingerprint density at radius 2 is 2.20 bits per heavy atom. The maximum atomic E-state index is 12.4. The molecule has 1 atom stereocenters. The molecule has 0 bridgehead atoms. The quantitative estimate of drug-likeness (QED) is 0.710. The molecule has 1 aromatic carbocycles. The van der Waals surface area contributed by atoms with E-state index in [1.54, 1.807) is 19.3 Å². The number of hydrogen-bond donors (Lipinski definition) is 3. The van der Waals surface area contributed by atoms with Gasteiger partial charge in [-0.3, -0.25) is 0 Å². The van der Waals surface area contributed by atoms with E-state index in [2.05, 4.69) is 30.6 Å². The van der Waals surface area contributed by atoms with E-state index in [4.69, 9.17) is 17.3 Å². The molecule has 1 aromatic heterocycles. The van der Waals surface area contributed by atoms with Crippen LogP contribution in [0.3, 0.4) is 0 Å². The number of aromatic nitrogens is 2. The van der Waals surface area contributed by atoms with Crippen molar-refractivity contribution in [1.29, 1.82) is 0 Å². The second kappa shape index (κ2) is 5.72. The van der Waals surface area contributed by atoms with Gasteiger partial charge in [0, 0.05) is 23.1 Å². The van der Waals surface area contributed by atoms with Crippen molar-refractivity contribution in [1.82, 2.24) is 14.7 Å². The van der Waals surface area contributed by atoms with Gasteiger partial charge in [-0.25, -0.2) is 18.1 Å². The number of aromatic amines is 1. The highest BCUT2D eigenvalue weighted by Crippen LogP contribution is 2.32. The Morgan fingerprint density at radius 1 is 1.50 bits per heavy atom. The average Bonchev–Trinajstić information content (AvgIpc) is 2.86. The van der Waals surface area contributed by atoms with Gasteiger partial charge in [0.05, 0.1) is 15.4 Å². The molecule has 108 valence electrons. The predicted molar refractivity (Wildman–Crippen MR) is 80.9 cm³/mol. The Bertz CT molecular complexity index is 718. The van der Waals surface area contributed by atoms with E-state index in [9.17, 15) is 8.42 Å². The number of H-pyrrole nitrogens is 1. The van der Waals surface area contributed by atoms with Crippen LogP contribution in [0.15, 0.2) is 33.9 Å². The van der Waals surface area contributed by atoms with Gasteiger partial charge in [-0.2, -0.15) is 0 Å². The van der Waals surface area contributed by atoms with E-state index >= 15 is 0 Å². The van der Waals surface area contributed by atoms with Crippen molar-refractivity contribution in [3.05, 3.63) is 39.8 Å². The van der Waals surface area contributed by atoms with Gasteiger partial charge >= 0.3 is 0 Å². The lowest BCUT2D eigenvalue weighted by molar-refractivity contribution is 0.560. The van der Waals surface area contributed by atoms with Crippen molar-refractivity contribution in [3.8, 4) is 0 Å². The first kappa shape index (κ1) is 15.3. The van der Waals surface area contributed by atoms with Crippen molar-refractivity contribution in [3.63, 3.8) is 0 Å². The van der Waals surface area contributed by atoms with E-state index < -0.39 is 16.1 Å². The second-order valence-corrected chi connectivity index (χ2v) is 7.04. The summed E-state index contributed by atoms with van der Waals surface area (Å²) in [6.45, 7) is 1.68. The maximum absolute atomic E-state index is 12.4. The zero-order chi connectivity index (χ0) is 14.9. The molecule has 0 spiro atoms. The Hall–Kier alpha value is -1.09. The SMILES string of the molecule is CC(NS(=O)(=O)c1cc(Cl)cc(N)c1Br)c1ncc[nH]1. The summed E-state index contributed by atoms with van der Waals surface area (Å²) in [4.78, 5) is 6.84. The number of nitrogens with zero attached hydrogens (tertiary/aromatic N) is 1. The van der Waals surface area contributed by atoms with Crippen LogP contribution in [-0.4, -0.2) is 18.4 Å². The smallest absolute Gasteiger partial charge is 0.242 e. The monoisotopic (exact) mass is 378 g/mol. The fourth-order valence-corrected chi connectivity index (χ4v) is 4.15. The number of nitrogens with one attached hydrogen (secondary N) is 2. The van der Waals surface area contributed by atoms with Crippen molar-refractivity contribution in [2.75, 3.05) is 5.73 Å². The van der Waals surface area contributed by atoms with Gasteiger partial charge < -0.3 is 10.7 Å². The lowest BCUT2D eigenvalue weighted by Gasteiger charge is -2.14. The number of anilines is 1. The molecule has 0 saturated carbocycles. The summed E-state index contributed by atoms with van der Waals surface area (Å²) >= 11 is 9.02. The summed E-state index contributed by atoms with van der Waals surface area (Å²) in [6.07, 6.45) is 3.17. The predicted octanol–water partition coefficient (Wildman–Crippen LogP) is 2.45. The summed E-state index contributed by atoms with van der Waals surface area (Å²) in [5.74, 6) is 0.514. The van der Waals surface area contributed by atoms with Crippen LogP contribution in [0.5, 0.6) is 0 Å². The average molecular weight is 380 g/mol. The van der Waals surface area contributed by atoms with Crippen LogP contribution >= 0.6 is 27.5 Å². The van der Waals surface area contributed by atoms with E-state index in [1.165, 1.54) is 12.1 Å². The Morgan fingerprint density at radius 3 is 2.80 bits per heavy atom. The maximum Gasteiger partial charge on any atom is 0.242 e. The van der Waals surface area contributed by atoms with Crippen LogP contribution < -0.4 is 10.5 Å². The molecule has 2 rings (SSSR count). The number of halogens is 2. The molecule has 0 aliphatic heterocycles. The van der Waals surface area contributed by atoms with E-state index in [0.717, 1.165) is 0 Å². The van der Waals surface area contributed by atoms with E-state index in [1.807, 2.05) is 0 Å². The third kappa shape index (κ3) is 3.14. The molecule has 0 amide bonds. The Balaban J connectivity index is 2.36. The molecule has 0 saturated heterocycles. The zero-order valence-electron chi connectivity index (χ0n) is 10.4. The normalized spacial score (nSPS) is 13.3. The molecule has 1 unspecified atom stereocenters. The minimum atomic E-state index is -3.78. The standard InChI is InChI=1S/C11H12BrClN4O2S/c1-6(11-15-2-3-16-11)17-20(18,19)9-5-7(13)4-8(14)10(9)12/h2-6,17H,14H2,1H3,(H,15,16). The molecule has 6 nitrogen and oxygen atoms in total. The van der Waals surface area contributed by atoms with Gasteiger partial charge in [0.1, 0.15) is 5.82 Å². The minimum Gasteiger partial charge on any atom is -0.398 e. The number of benzene rings is 1. The van der Waals surface area contributed by atoms with Crippen LogP contribution in [0, 0.1) is 0 Å². The molecular weight excluding hydrogens is 368 g/mol. The number of nitrogen functional groups attached to an aromatic ring is 1. The fraction of sp³-hybridized carbons (Fsp3) is 0.182. The van der Waals surface area contributed by atoms with Crippen molar-refractivity contribution < 1.29 is 8.42 Å². The zero-order valence-corrected chi connectivity index (χ0v) is 13.6. The number of rotatable bonds is 4. The third-order valence-corrected chi connectivity index (χ3v) is 5.51. The molecule has 0 radical (unpaired) electrons. The van der Waals surface area contributed by atoms with E-state index in [-0.39, 0.29) is 20.1 Å². The lowest BCUT2D eigenvalue weighted by Crippen LogP contribution is -2.28. The minimum absolute atomic E-state index is 0.0130. The Labute approximate surface area is 129 Å². The van der Waals surface area contributed by atoms with Gasteiger partial charge in [-0.15, -0.1) is 0 Å². The molecule has 4 N–H and O–H groups in total. The third-order valence-electron chi connectivity index (χ3n) is 2.58. The van der Waals surface area contributed by atoms with Crippen LogP contribution in [0.1, 0.15) is 18.8 Å². The molecule has 2 aromatic rings. The van der Waals surface area contributed by atoms with Crippen LogP contribution in [-0.2, 0) is 10.0 Å². The number of imidazole rings is 1. The number of sulfonamides is 1. The van der Waals surface area contributed by atoms with Gasteiger partial charge in [0.25, 0.3) is 0 Å². The molecule has 0 aliphatic carbocycles. The summed E-state index contributed by atoms with van der Waals surface area (Å²) in [6, 6.07) is 2.29. The highest BCUT2D eigenvalue weighted by Gasteiger charge is 2.23. The van der Waals surface area contributed by atoms with Crippen LogP contribution in [0.4, 0.5) is 5.69 Å². The van der Waals surface area contributed by atoms with Gasteiger partial charge in [0.15, 0.2) is 0 Å². The van der Waals surface area contributed by atoms with Crippen molar-refractivity contribution in [2.45, 2.75) is 17.9 Å². The Kier molecular flexibility index (Phi) is 4.38. The number of nitrogens with two attached hydrogens (primary N) is 1. The summed E-state index contributed by atoms with van der Waals surface area (Å²) < 4.78 is 27.5. The van der Waals surface area contributed by atoms with Gasteiger partial charge in [0.2, 0.25) is 10.0 Å². The molecule has 20 heavy (non-hydrogen) atoms. The summed E-state index contributed by atoms with van der Waals surface area (Å²) in [5.41, 5.74) is 5.95. The highest BCUT2D eigenvalue weighted by molar-refractivity contribution is 9.10. The lowest BCUT2D eigenvalue weighted by atomic mass is 10.3. The topological polar surface area (TPSA) is 101 Å². The van der Waals surface area contributed by atoms with Crippen LogP contribution in [0.2, 0.25) is 5.02 Å². The number of hydrogen-bond acceptors (Lipinski definition) is 4. The first-order valence-electron chi connectivity index (χ1n) is 5.57. The van der Waals surface area contributed by atoms with Gasteiger partial charge in [-0.1, -0.05) is 11.6 Å². The van der Waals surface area contributed by atoms with E-state index in [0.29, 0.717) is 5.82 Å². The van der Waals surface area contributed by atoms with Crippen molar-refractivity contribution in [2.24, 2.45) is 0 Å². The van der Waals surface area contributed by atoms with Crippen LogP contribution in [0.25, 0.3) is 0 Å². The summed E-state index contributed by atoms with van der Waals surface area (Å²) in [7, 11) is -3.78. The largest absolute Gasteiger partial charge is 0.398 e. The first-order chi connectivity index (χ1) is 9.31. The second-order valence-electron chi connectivity index (χ2n) is 4.12. The molecule has 0 aliphatic rings. The fourth-order valence-electron chi connectivity index (χ4n) is 1.65.